The summed E-state index contributed by atoms with van der Waals surface area (Å²) < 4.78 is 47.2. The van der Waals surface area contributed by atoms with Gasteiger partial charge in [0.25, 0.3) is 21.1 Å². The second-order valence-electron chi connectivity index (χ2n) is 9.29. The van der Waals surface area contributed by atoms with E-state index >= 15 is 0 Å². The first-order chi connectivity index (χ1) is 17.9. The van der Waals surface area contributed by atoms with E-state index in [1.807, 2.05) is 10.3 Å². The molecule has 0 unspecified atom stereocenters. The van der Waals surface area contributed by atoms with Crippen LogP contribution in [0.2, 0.25) is 0 Å². The highest BCUT2D eigenvalue weighted by Crippen LogP contribution is 2.26. The zero-order valence-corrected chi connectivity index (χ0v) is 21.9. The molecule has 2 aliphatic rings. The lowest BCUT2D eigenvalue weighted by Crippen LogP contribution is -2.50. The molecule has 0 atom stereocenters. The number of ether oxygens (including phenoxy) is 1. The molecule has 2 saturated heterocycles. The fraction of sp³-hybridized carbons (Fsp3) is 0.385. The molecule has 1 aromatic heterocycles. The average molecular weight is 545 g/mol. The van der Waals surface area contributed by atoms with E-state index in [9.17, 15) is 17.6 Å². The first-order valence-electron chi connectivity index (χ1n) is 12.4. The van der Waals surface area contributed by atoms with Gasteiger partial charge in [0.2, 0.25) is 0 Å². The van der Waals surface area contributed by atoms with Crippen LogP contribution in [0.4, 0.5) is 10.1 Å². The molecule has 0 bridgehead atoms. The van der Waals surface area contributed by atoms with Gasteiger partial charge in [-0.1, -0.05) is 23.5 Å². The third-order valence-corrected chi connectivity index (χ3v) is 9.01. The molecule has 1 N–H and O–H groups in total. The number of rotatable bonds is 7. The lowest BCUT2D eigenvalue weighted by molar-refractivity contribution is 0.0425. The van der Waals surface area contributed by atoms with Gasteiger partial charge < -0.3 is 9.64 Å². The van der Waals surface area contributed by atoms with Crippen LogP contribution in [0, 0.1) is 5.82 Å². The Morgan fingerprint density at radius 3 is 2.35 bits per heavy atom. The molecule has 2 fully saturated rings. The van der Waals surface area contributed by atoms with Crippen LogP contribution < -0.4 is 9.46 Å². The summed E-state index contributed by atoms with van der Waals surface area (Å²) in [5.74, 6) is -0.893. The van der Waals surface area contributed by atoms with E-state index in [4.69, 9.17) is 4.74 Å². The van der Waals surface area contributed by atoms with Gasteiger partial charge in [-0.05, 0) is 62.1 Å². The molecule has 0 radical (unpaired) electrons. The number of nitrogens with one attached hydrogen (secondary N) is 1. The molecule has 37 heavy (non-hydrogen) atoms. The zero-order valence-electron chi connectivity index (χ0n) is 20.3. The van der Waals surface area contributed by atoms with Gasteiger partial charge in [-0.2, -0.15) is 0 Å². The van der Waals surface area contributed by atoms with E-state index in [-0.39, 0.29) is 17.7 Å². The summed E-state index contributed by atoms with van der Waals surface area (Å²) >= 11 is 1.52. The summed E-state index contributed by atoms with van der Waals surface area (Å²) in [6.07, 6.45) is 5.77. The van der Waals surface area contributed by atoms with Crippen LogP contribution in [0.5, 0.6) is 5.19 Å². The number of amides is 1. The first-order valence-corrected chi connectivity index (χ1v) is 14.7. The van der Waals surface area contributed by atoms with E-state index in [0.717, 1.165) is 50.0 Å². The second-order valence-corrected chi connectivity index (χ2v) is 11.8. The fourth-order valence-corrected chi connectivity index (χ4v) is 6.63. The van der Waals surface area contributed by atoms with Crippen molar-refractivity contribution >= 4 is 33.0 Å². The molecule has 2 aliphatic heterocycles. The Kier molecular flexibility index (Phi) is 7.73. The van der Waals surface area contributed by atoms with Gasteiger partial charge >= 0.3 is 0 Å². The largest absolute Gasteiger partial charge is 0.467 e. The number of hydrogen-bond acceptors (Lipinski definition) is 7. The molecule has 5 rings (SSSR count). The summed E-state index contributed by atoms with van der Waals surface area (Å²) in [4.78, 5) is 21.2. The van der Waals surface area contributed by atoms with E-state index in [2.05, 4.69) is 14.6 Å². The van der Waals surface area contributed by atoms with Crippen molar-refractivity contribution in [3.05, 3.63) is 71.5 Å². The Balaban J connectivity index is 1.11. The molecule has 1 amide bonds. The average Bonchev–Trinajstić information content (AvgIpc) is 3.42. The summed E-state index contributed by atoms with van der Waals surface area (Å²) in [7, 11) is -4.07. The number of nitrogens with zero attached hydrogens (tertiary/aromatic N) is 3. The number of hydrogen-bond donors (Lipinski definition) is 1. The Morgan fingerprint density at radius 2 is 1.70 bits per heavy atom. The number of likely N-dealkylation sites (tertiary alicyclic amines) is 2. The van der Waals surface area contributed by atoms with Crippen LogP contribution in [-0.2, 0) is 10.0 Å². The van der Waals surface area contributed by atoms with Crippen molar-refractivity contribution in [1.82, 2.24) is 14.8 Å². The summed E-state index contributed by atoms with van der Waals surface area (Å²) in [6.45, 7) is 3.33. The lowest BCUT2D eigenvalue weighted by Gasteiger charge is -2.41. The van der Waals surface area contributed by atoms with Crippen molar-refractivity contribution in [3.8, 4) is 5.19 Å². The predicted molar refractivity (Wildman–Crippen MR) is 140 cm³/mol. The Hall–Kier alpha value is -3.02. The molecule has 2 aromatic carbocycles. The van der Waals surface area contributed by atoms with Gasteiger partial charge in [0.1, 0.15) is 16.8 Å². The van der Waals surface area contributed by atoms with Gasteiger partial charge in [-0.15, -0.1) is 0 Å². The van der Waals surface area contributed by atoms with Gasteiger partial charge in [0.15, 0.2) is 0 Å². The molecule has 196 valence electrons. The maximum Gasteiger partial charge on any atom is 0.273 e. The SMILES string of the molecule is O=C(c1ccc(NS(=O)(=O)c2ccccc2F)cc1)N1CCC(N2CCC(Oc3nccs3)CC2)CC1. The van der Waals surface area contributed by atoms with Crippen molar-refractivity contribution in [2.75, 3.05) is 30.9 Å². The van der Waals surface area contributed by atoms with Crippen LogP contribution in [0.3, 0.4) is 0 Å². The number of halogens is 1. The van der Waals surface area contributed by atoms with Crippen LogP contribution >= 0.6 is 11.3 Å². The predicted octanol–water partition coefficient (Wildman–Crippen LogP) is 4.23. The highest BCUT2D eigenvalue weighted by atomic mass is 32.2. The van der Waals surface area contributed by atoms with Crippen LogP contribution in [0.1, 0.15) is 36.0 Å². The number of benzene rings is 2. The fourth-order valence-electron chi connectivity index (χ4n) is 4.94. The Labute approximate surface area is 220 Å². The standard InChI is InChI=1S/C26H29FN4O4S2/c27-23-3-1-2-4-24(23)37(33,34)29-20-7-5-19(6-8-20)25(32)31-14-9-21(10-15-31)30-16-11-22(12-17-30)35-26-28-13-18-36-26/h1-8,13,18,21-22,29H,9-12,14-17H2. The minimum absolute atomic E-state index is 0.0717. The maximum atomic E-state index is 13.9. The summed E-state index contributed by atoms with van der Waals surface area (Å²) in [5, 5.41) is 2.66. The maximum absolute atomic E-state index is 13.9. The summed E-state index contributed by atoms with van der Waals surface area (Å²) in [6, 6.07) is 11.9. The summed E-state index contributed by atoms with van der Waals surface area (Å²) in [5.41, 5.74) is 0.758. The van der Waals surface area contributed by atoms with Crippen LogP contribution in [-0.4, -0.2) is 67.4 Å². The Morgan fingerprint density at radius 1 is 1.00 bits per heavy atom. The van der Waals surface area contributed by atoms with E-state index in [1.165, 1.54) is 41.7 Å². The van der Waals surface area contributed by atoms with Crippen molar-refractivity contribution in [2.45, 2.75) is 42.7 Å². The third-order valence-electron chi connectivity index (χ3n) is 6.93. The normalized spacial score (nSPS) is 18.0. The lowest BCUT2D eigenvalue weighted by atomic mass is 9.98. The Bertz CT molecular complexity index is 1300. The van der Waals surface area contributed by atoms with Gasteiger partial charge in [-0.25, -0.2) is 17.8 Å². The van der Waals surface area contributed by atoms with E-state index in [0.29, 0.717) is 24.7 Å². The highest BCUT2D eigenvalue weighted by Gasteiger charge is 2.30. The zero-order chi connectivity index (χ0) is 25.8. The van der Waals surface area contributed by atoms with Crippen molar-refractivity contribution < 1.29 is 22.3 Å². The number of piperidine rings is 2. The first kappa shape index (κ1) is 25.6. The molecular weight excluding hydrogens is 515 g/mol. The molecule has 3 heterocycles. The number of carbonyl (C=O) groups is 1. The minimum Gasteiger partial charge on any atom is -0.467 e. The van der Waals surface area contributed by atoms with Crippen LogP contribution in [0.25, 0.3) is 0 Å². The number of aromatic nitrogens is 1. The molecule has 8 nitrogen and oxygen atoms in total. The number of anilines is 1. The van der Waals surface area contributed by atoms with Crippen molar-refractivity contribution in [2.24, 2.45) is 0 Å². The smallest absolute Gasteiger partial charge is 0.273 e. The topological polar surface area (TPSA) is 91.8 Å². The molecule has 0 aliphatic carbocycles. The number of sulfonamides is 1. The quantitative estimate of drug-likeness (QED) is 0.479. The van der Waals surface area contributed by atoms with Gasteiger partial charge in [0.05, 0.1) is 0 Å². The van der Waals surface area contributed by atoms with Crippen molar-refractivity contribution in [3.63, 3.8) is 0 Å². The molecule has 3 aromatic rings. The molecule has 0 saturated carbocycles. The molecule has 0 spiro atoms. The van der Waals surface area contributed by atoms with Gasteiger partial charge in [0, 0.05) is 55.0 Å². The highest BCUT2D eigenvalue weighted by molar-refractivity contribution is 7.92. The van der Waals surface area contributed by atoms with Crippen LogP contribution in [0.15, 0.2) is 65.0 Å². The molecule has 11 heteroatoms. The number of thiazole rings is 1. The molecular formula is C26H29FN4O4S2. The second kappa shape index (κ2) is 11.2. The van der Waals surface area contributed by atoms with E-state index < -0.39 is 20.7 Å². The van der Waals surface area contributed by atoms with E-state index in [1.54, 1.807) is 18.3 Å². The third kappa shape index (κ3) is 6.11. The minimum atomic E-state index is -4.07. The van der Waals surface area contributed by atoms with Crippen molar-refractivity contribution in [1.29, 1.82) is 0 Å². The number of carbonyl (C=O) groups excluding carboxylic acids is 1. The monoisotopic (exact) mass is 544 g/mol. The van der Waals surface area contributed by atoms with Gasteiger partial charge in [-0.3, -0.25) is 14.4 Å².